The fourth-order valence-corrected chi connectivity index (χ4v) is 3.99. The summed E-state index contributed by atoms with van der Waals surface area (Å²) >= 11 is 1.93. The molecular weight excluding hydrogens is 308 g/mol. The molecular formula is C18H22N2O2S. The molecule has 2 amide bonds. The van der Waals surface area contributed by atoms with Crippen LogP contribution >= 0.6 is 11.8 Å². The lowest BCUT2D eigenvalue weighted by atomic mass is 10.2. The number of likely N-dealkylation sites (N-methyl/N-ethyl adjacent to an activating group) is 1. The van der Waals surface area contributed by atoms with E-state index in [2.05, 4.69) is 18.2 Å². The highest BCUT2D eigenvalue weighted by Gasteiger charge is 2.32. The summed E-state index contributed by atoms with van der Waals surface area (Å²) < 4.78 is 0. The number of nitrogens with one attached hydrogen (secondary N) is 1. The quantitative estimate of drug-likeness (QED) is 0.682. The van der Waals surface area contributed by atoms with Gasteiger partial charge in [0, 0.05) is 29.6 Å². The van der Waals surface area contributed by atoms with Crippen molar-refractivity contribution in [2.75, 3.05) is 18.1 Å². The van der Waals surface area contributed by atoms with Crippen LogP contribution in [0.5, 0.6) is 0 Å². The molecule has 2 atom stereocenters. The molecule has 2 unspecified atom stereocenters. The van der Waals surface area contributed by atoms with Gasteiger partial charge in [-0.05, 0) is 43.2 Å². The predicted octanol–water partition coefficient (Wildman–Crippen LogP) is 2.74. The second kappa shape index (κ2) is 8.07. The molecule has 2 rings (SSSR count). The average Bonchev–Trinajstić information content (AvgIpc) is 3.02. The molecule has 0 aliphatic heterocycles. The van der Waals surface area contributed by atoms with Crippen molar-refractivity contribution in [3.8, 4) is 12.3 Å². The maximum atomic E-state index is 12.3. The summed E-state index contributed by atoms with van der Waals surface area (Å²) in [5.74, 6) is 2.48. The number of benzene rings is 1. The second-order valence-electron chi connectivity index (χ2n) is 5.64. The van der Waals surface area contributed by atoms with E-state index >= 15 is 0 Å². The van der Waals surface area contributed by atoms with E-state index in [-0.39, 0.29) is 6.04 Å². The van der Waals surface area contributed by atoms with Gasteiger partial charge in [-0.15, -0.1) is 6.42 Å². The normalized spacial score (nSPS) is 19.9. The SMILES string of the molecule is C#Cc1cccc(NC(=O)C(=O)N(C)C2CCC(SCC)C2)c1. The largest absolute Gasteiger partial charge is 0.334 e. The summed E-state index contributed by atoms with van der Waals surface area (Å²) in [5, 5.41) is 3.22. The number of rotatable bonds is 4. The van der Waals surface area contributed by atoms with Gasteiger partial charge in [-0.2, -0.15) is 11.8 Å². The lowest BCUT2D eigenvalue weighted by Crippen LogP contribution is -2.42. The van der Waals surface area contributed by atoms with Gasteiger partial charge in [-0.1, -0.05) is 18.9 Å². The molecule has 1 aliphatic carbocycles. The van der Waals surface area contributed by atoms with Gasteiger partial charge in [0.2, 0.25) is 0 Å². The van der Waals surface area contributed by atoms with Crippen LogP contribution in [0.1, 0.15) is 31.7 Å². The number of carbonyl (C=O) groups is 2. The van der Waals surface area contributed by atoms with Gasteiger partial charge >= 0.3 is 11.8 Å². The number of nitrogens with zero attached hydrogens (tertiary/aromatic N) is 1. The molecule has 0 heterocycles. The topological polar surface area (TPSA) is 49.4 Å². The van der Waals surface area contributed by atoms with Gasteiger partial charge in [0.15, 0.2) is 0 Å². The van der Waals surface area contributed by atoms with Crippen LogP contribution in [0.2, 0.25) is 0 Å². The molecule has 23 heavy (non-hydrogen) atoms. The second-order valence-corrected chi connectivity index (χ2v) is 7.22. The van der Waals surface area contributed by atoms with Gasteiger partial charge in [0.25, 0.3) is 0 Å². The fourth-order valence-electron chi connectivity index (χ4n) is 2.85. The molecule has 0 spiro atoms. The van der Waals surface area contributed by atoms with Gasteiger partial charge < -0.3 is 10.2 Å². The third-order valence-corrected chi connectivity index (χ3v) is 5.34. The first kappa shape index (κ1) is 17.4. The molecule has 1 N–H and O–H groups in total. The molecule has 1 aliphatic rings. The Morgan fingerprint density at radius 3 is 2.91 bits per heavy atom. The van der Waals surface area contributed by atoms with Crippen molar-refractivity contribution in [2.45, 2.75) is 37.5 Å². The van der Waals surface area contributed by atoms with Crippen molar-refractivity contribution in [3.63, 3.8) is 0 Å². The summed E-state index contributed by atoms with van der Waals surface area (Å²) in [4.78, 5) is 26.1. The van der Waals surface area contributed by atoms with E-state index in [0.717, 1.165) is 25.0 Å². The first-order chi connectivity index (χ1) is 11.0. The minimum absolute atomic E-state index is 0.148. The van der Waals surface area contributed by atoms with Crippen LogP contribution in [0, 0.1) is 12.3 Å². The highest BCUT2D eigenvalue weighted by atomic mass is 32.2. The van der Waals surface area contributed by atoms with Crippen LogP contribution in [0.25, 0.3) is 0 Å². The van der Waals surface area contributed by atoms with E-state index in [9.17, 15) is 9.59 Å². The highest BCUT2D eigenvalue weighted by molar-refractivity contribution is 7.99. The summed E-state index contributed by atoms with van der Waals surface area (Å²) in [7, 11) is 1.71. The Labute approximate surface area is 142 Å². The Kier molecular flexibility index (Phi) is 6.12. The van der Waals surface area contributed by atoms with Gasteiger partial charge in [0.05, 0.1) is 0 Å². The number of thioether (sulfide) groups is 1. The van der Waals surface area contributed by atoms with Crippen LogP contribution in [0.4, 0.5) is 5.69 Å². The maximum absolute atomic E-state index is 12.3. The Morgan fingerprint density at radius 1 is 1.43 bits per heavy atom. The van der Waals surface area contributed by atoms with Crippen LogP contribution in [0.3, 0.4) is 0 Å². The molecule has 122 valence electrons. The van der Waals surface area contributed by atoms with Crippen LogP contribution in [0.15, 0.2) is 24.3 Å². The van der Waals surface area contributed by atoms with Crippen molar-refractivity contribution in [1.82, 2.24) is 4.90 Å². The van der Waals surface area contributed by atoms with Crippen LogP contribution < -0.4 is 5.32 Å². The third-order valence-electron chi connectivity index (χ3n) is 4.11. The molecule has 5 heteroatoms. The maximum Gasteiger partial charge on any atom is 0.313 e. The summed E-state index contributed by atoms with van der Waals surface area (Å²) in [5.41, 5.74) is 1.21. The number of hydrogen-bond donors (Lipinski definition) is 1. The standard InChI is InChI=1S/C18H22N2O2S/c1-4-13-7-6-8-14(11-13)19-17(21)18(22)20(3)15-9-10-16(12-15)23-5-2/h1,6-8,11,15-16H,5,9-10,12H2,2-3H3,(H,19,21). The van der Waals surface area contributed by atoms with Gasteiger partial charge in [0.1, 0.15) is 0 Å². The third kappa shape index (κ3) is 4.52. The lowest BCUT2D eigenvalue weighted by molar-refractivity contribution is -0.143. The molecule has 1 aromatic rings. The number of hydrogen-bond acceptors (Lipinski definition) is 3. The van der Waals surface area contributed by atoms with Crippen molar-refractivity contribution in [1.29, 1.82) is 0 Å². The zero-order valence-corrected chi connectivity index (χ0v) is 14.4. The number of carbonyl (C=O) groups excluding carboxylic acids is 2. The van der Waals surface area contributed by atoms with E-state index in [0.29, 0.717) is 16.5 Å². The van der Waals surface area contributed by atoms with E-state index in [1.165, 1.54) is 0 Å². The minimum Gasteiger partial charge on any atom is -0.334 e. The Bertz CT molecular complexity index is 624. The van der Waals surface area contributed by atoms with Crippen molar-refractivity contribution >= 4 is 29.3 Å². The molecule has 1 fully saturated rings. The molecule has 0 saturated heterocycles. The summed E-state index contributed by atoms with van der Waals surface area (Å²) in [6.07, 6.45) is 8.36. The summed E-state index contributed by atoms with van der Waals surface area (Å²) in [6.45, 7) is 2.14. The predicted molar refractivity (Wildman–Crippen MR) is 95.3 cm³/mol. The Hall–Kier alpha value is -1.93. The number of amides is 2. The monoisotopic (exact) mass is 330 g/mol. The number of anilines is 1. The van der Waals surface area contributed by atoms with Crippen molar-refractivity contribution in [3.05, 3.63) is 29.8 Å². The van der Waals surface area contributed by atoms with Gasteiger partial charge in [-0.25, -0.2) is 0 Å². The van der Waals surface area contributed by atoms with E-state index in [1.807, 2.05) is 11.8 Å². The minimum atomic E-state index is -0.617. The highest BCUT2D eigenvalue weighted by Crippen LogP contribution is 2.32. The molecule has 4 nitrogen and oxygen atoms in total. The number of terminal acetylenes is 1. The molecule has 0 bridgehead atoms. The van der Waals surface area contributed by atoms with E-state index < -0.39 is 11.8 Å². The lowest BCUT2D eigenvalue weighted by Gasteiger charge is -2.24. The first-order valence-corrected chi connectivity index (χ1v) is 8.86. The Morgan fingerprint density at radius 2 is 2.22 bits per heavy atom. The van der Waals surface area contributed by atoms with Crippen molar-refractivity contribution < 1.29 is 9.59 Å². The molecule has 1 aromatic carbocycles. The molecule has 1 saturated carbocycles. The van der Waals surface area contributed by atoms with Crippen molar-refractivity contribution in [2.24, 2.45) is 0 Å². The van der Waals surface area contributed by atoms with Crippen LogP contribution in [-0.2, 0) is 9.59 Å². The zero-order chi connectivity index (χ0) is 16.8. The first-order valence-electron chi connectivity index (χ1n) is 7.81. The average molecular weight is 330 g/mol. The summed E-state index contributed by atoms with van der Waals surface area (Å²) in [6, 6.07) is 7.06. The van der Waals surface area contributed by atoms with E-state index in [1.54, 1.807) is 36.2 Å². The van der Waals surface area contributed by atoms with Gasteiger partial charge in [-0.3, -0.25) is 9.59 Å². The zero-order valence-electron chi connectivity index (χ0n) is 13.5. The fraction of sp³-hybridized carbons (Fsp3) is 0.444. The molecule has 0 radical (unpaired) electrons. The molecule has 0 aromatic heterocycles. The Balaban J connectivity index is 1.94. The van der Waals surface area contributed by atoms with E-state index in [4.69, 9.17) is 6.42 Å². The van der Waals surface area contributed by atoms with Crippen LogP contribution in [-0.4, -0.2) is 40.8 Å². The smallest absolute Gasteiger partial charge is 0.313 e.